The number of nitrogens with zero attached hydrogens (tertiary/aromatic N) is 4. The fourth-order valence-electron chi connectivity index (χ4n) is 3.42. The zero-order valence-electron chi connectivity index (χ0n) is 15.3. The van der Waals surface area contributed by atoms with Crippen LogP contribution in [-0.2, 0) is 13.6 Å². The molecule has 0 atom stereocenters. The van der Waals surface area contributed by atoms with E-state index in [1.807, 2.05) is 12.1 Å². The molecular formula is C19H25N5O2. The Morgan fingerprint density at radius 3 is 2.77 bits per heavy atom. The number of pyridine rings is 1. The average molecular weight is 355 g/mol. The number of anilines is 1. The zero-order chi connectivity index (χ0) is 18.5. The van der Waals surface area contributed by atoms with E-state index in [0.29, 0.717) is 12.6 Å². The SMILES string of the molecule is CN(c1ncccc1CNC(=O)c1ccc(=O)n(C)n1)C1CCCCC1. The van der Waals surface area contributed by atoms with Crippen LogP contribution in [0.3, 0.4) is 0 Å². The second-order valence-electron chi connectivity index (χ2n) is 6.75. The summed E-state index contributed by atoms with van der Waals surface area (Å²) in [6, 6.07) is 7.14. The van der Waals surface area contributed by atoms with Crippen molar-refractivity contribution in [2.45, 2.75) is 44.7 Å². The lowest BCUT2D eigenvalue weighted by molar-refractivity contribution is 0.0943. The Balaban J connectivity index is 1.70. The molecule has 0 aliphatic heterocycles. The molecule has 0 saturated heterocycles. The Kier molecular flexibility index (Phi) is 5.65. The van der Waals surface area contributed by atoms with Crippen LogP contribution < -0.4 is 15.8 Å². The van der Waals surface area contributed by atoms with Crippen LogP contribution in [0.25, 0.3) is 0 Å². The lowest BCUT2D eigenvalue weighted by atomic mass is 9.94. The Bertz CT molecular complexity index is 827. The van der Waals surface area contributed by atoms with Crippen molar-refractivity contribution in [2.24, 2.45) is 7.05 Å². The molecule has 0 radical (unpaired) electrons. The fraction of sp³-hybridized carbons (Fsp3) is 0.474. The van der Waals surface area contributed by atoms with Gasteiger partial charge in [-0.05, 0) is 25.0 Å². The molecule has 2 aromatic rings. The molecule has 3 rings (SSSR count). The number of carbonyl (C=O) groups is 1. The highest BCUT2D eigenvalue weighted by molar-refractivity contribution is 5.92. The molecule has 2 aromatic heterocycles. The number of amides is 1. The van der Waals surface area contributed by atoms with Gasteiger partial charge < -0.3 is 10.2 Å². The van der Waals surface area contributed by atoms with Crippen molar-refractivity contribution in [3.05, 3.63) is 52.1 Å². The predicted molar refractivity (Wildman–Crippen MR) is 100 cm³/mol. The quantitative estimate of drug-likeness (QED) is 0.886. The normalized spacial score (nSPS) is 14.8. The van der Waals surface area contributed by atoms with Crippen molar-refractivity contribution in [3.63, 3.8) is 0 Å². The smallest absolute Gasteiger partial charge is 0.271 e. The van der Waals surface area contributed by atoms with Crippen molar-refractivity contribution in [1.82, 2.24) is 20.1 Å². The van der Waals surface area contributed by atoms with E-state index in [9.17, 15) is 9.59 Å². The third-order valence-electron chi connectivity index (χ3n) is 4.96. The first-order valence-electron chi connectivity index (χ1n) is 9.05. The Hall–Kier alpha value is -2.70. The van der Waals surface area contributed by atoms with Crippen LogP contribution in [0.15, 0.2) is 35.3 Å². The van der Waals surface area contributed by atoms with Gasteiger partial charge in [-0.2, -0.15) is 5.10 Å². The largest absolute Gasteiger partial charge is 0.356 e. The van der Waals surface area contributed by atoms with Crippen LogP contribution in [-0.4, -0.2) is 33.8 Å². The van der Waals surface area contributed by atoms with Gasteiger partial charge in [-0.15, -0.1) is 0 Å². The highest BCUT2D eigenvalue weighted by atomic mass is 16.2. The lowest BCUT2D eigenvalue weighted by Crippen LogP contribution is -2.35. The molecule has 26 heavy (non-hydrogen) atoms. The minimum Gasteiger partial charge on any atom is -0.356 e. The summed E-state index contributed by atoms with van der Waals surface area (Å²) in [7, 11) is 3.61. The van der Waals surface area contributed by atoms with Crippen LogP contribution in [0.1, 0.15) is 48.2 Å². The van der Waals surface area contributed by atoms with Gasteiger partial charge in [0.15, 0.2) is 0 Å². The summed E-state index contributed by atoms with van der Waals surface area (Å²) in [5, 5.41) is 6.86. The number of nitrogens with one attached hydrogen (secondary N) is 1. The van der Waals surface area contributed by atoms with Gasteiger partial charge >= 0.3 is 0 Å². The molecule has 2 heterocycles. The highest BCUT2D eigenvalue weighted by Crippen LogP contribution is 2.26. The second-order valence-corrected chi connectivity index (χ2v) is 6.75. The van der Waals surface area contributed by atoms with Crippen LogP contribution in [0, 0.1) is 0 Å². The molecule has 1 aliphatic rings. The maximum atomic E-state index is 12.3. The van der Waals surface area contributed by atoms with Gasteiger partial charge in [0.05, 0.1) is 0 Å². The summed E-state index contributed by atoms with van der Waals surface area (Å²) in [6.07, 6.45) is 7.97. The standard InChI is InChI=1S/C19H25N5O2/c1-23(15-8-4-3-5-9-15)18-14(7-6-12-20-18)13-21-19(26)16-10-11-17(25)24(2)22-16/h6-7,10-12,15H,3-5,8-9,13H2,1-2H3,(H,21,26). The Labute approximate surface area is 153 Å². The lowest BCUT2D eigenvalue weighted by Gasteiger charge is -2.33. The molecule has 0 spiro atoms. The summed E-state index contributed by atoms with van der Waals surface area (Å²) >= 11 is 0. The van der Waals surface area contributed by atoms with Gasteiger partial charge in [0.1, 0.15) is 11.5 Å². The monoisotopic (exact) mass is 355 g/mol. The summed E-state index contributed by atoms with van der Waals surface area (Å²) in [4.78, 5) is 30.5. The number of aryl methyl sites for hydroxylation is 1. The number of rotatable bonds is 5. The minimum atomic E-state index is -0.310. The molecule has 0 aromatic carbocycles. The third-order valence-corrected chi connectivity index (χ3v) is 4.96. The highest BCUT2D eigenvalue weighted by Gasteiger charge is 2.21. The van der Waals surface area contributed by atoms with Crippen molar-refractivity contribution in [2.75, 3.05) is 11.9 Å². The molecule has 0 unspecified atom stereocenters. The second kappa shape index (κ2) is 8.12. The van der Waals surface area contributed by atoms with E-state index in [0.717, 1.165) is 16.1 Å². The summed E-state index contributed by atoms with van der Waals surface area (Å²) in [5.74, 6) is 0.601. The van der Waals surface area contributed by atoms with Crippen LogP contribution in [0.4, 0.5) is 5.82 Å². The topological polar surface area (TPSA) is 80.1 Å². The van der Waals surface area contributed by atoms with Crippen LogP contribution >= 0.6 is 0 Å². The van der Waals surface area contributed by atoms with Crippen molar-refractivity contribution in [3.8, 4) is 0 Å². The van der Waals surface area contributed by atoms with Crippen molar-refractivity contribution in [1.29, 1.82) is 0 Å². The van der Waals surface area contributed by atoms with Gasteiger partial charge in [0.25, 0.3) is 11.5 Å². The molecular weight excluding hydrogens is 330 g/mol. The molecule has 1 aliphatic carbocycles. The molecule has 0 bridgehead atoms. The number of aromatic nitrogens is 3. The van der Waals surface area contributed by atoms with E-state index in [-0.39, 0.29) is 17.2 Å². The van der Waals surface area contributed by atoms with Crippen molar-refractivity contribution < 1.29 is 4.79 Å². The molecule has 1 saturated carbocycles. The number of hydrogen-bond donors (Lipinski definition) is 1. The van der Waals surface area contributed by atoms with E-state index < -0.39 is 0 Å². The van der Waals surface area contributed by atoms with Gasteiger partial charge in [0, 0.05) is 44.5 Å². The minimum absolute atomic E-state index is 0.221. The number of hydrogen-bond acceptors (Lipinski definition) is 5. The molecule has 7 nitrogen and oxygen atoms in total. The third kappa shape index (κ3) is 4.09. The maximum absolute atomic E-state index is 12.3. The molecule has 1 amide bonds. The van der Waals surface area contributed by atoms with E-state index in [4.69, 9.17) is 0 Å². The van der Waals surface area contributed by atoms with Crippen LogP contribution in [0.5, 0.6) is 0 Å². The molecule has 138 valence electrons. The van der Waals surface area contributed by atoms with E-state index in [2.05, 4.69) is 27.3 Å². The first kappa shape index (κ1) is 18.1. The predicted octanol–water partition coefficient (Wildman–Crippen LogP) is 1.87. The van der Waals surface area contributed by atoms with Gasteiger partial charge in [-0.25, -0.2) is 9.67 Å². The van der Waals surface area contributed by atoms with Gasteiger partial charge in [-0.1, -0.05) is 25.3 Å². The Morgan fingerprint density at radius 1 is 1.27 bits per heavy atom. The fourth-order valence-corrected chi connectivity index (χ4v) is 3.42. The maximum Gasteiger partial charge on any atom is 0.271 e. The van der Waals surface area contributed by atoms with E-state index in [1.54, 1.807) is 6.20 Å². The Morgan fingerprint density at radius 2 is 2.04 bits per heavy atom. The number of carbonyl (C=O) groups excluding carboxylic acids is 1. The molecule has 7 heteroatoms. The summed E-state index contributed by atoms with van der Waals surface area (Å²) in [5.41, 5.74) is 0.946. The summed E-state index contributed by atoms with van der Waals surface area (Å²) < 4.78 is 1.15. The molecule has 1 fully saturated rings. The zero-order valence-corrected chi connectivity index (χ0v) is 15.3. The summed E-state index contributed by atoms with van der Waals surface area (Å²) in [6.45, 7) is 0.365. The average Bonchev–Trinajstić information content (AvgIpc) is 2.68. The van der Waals surface area contributed by atoms with E-state index in [1.165, 1.54) is 51.3 Å². The first-order valence-corrected chi connectivity index (χ1v) is 9.05. The van der Waals surface area contributed by atoms with Gasteiger partial charge in [0.2, 0.25) is 0 Å². The van der Waals surface area contributed by atoms with Crippen LogP contribution in [0.2, 0.25) is 0 Å². The first-order chi connectivity index (χ1) is 12.6. The van der Waals surface area contributed by atoms with Crippen molar-refractivity contribution >= 4 is 11.7 Å². The van der Waals surface area contributed by atoms with E-state index >= 15 is 0 Å². The molecule has 1 N–H and O–H groups in total. The van der Waals surface area contributed by atoms with Gasteiger partial charge in [-0.3, -0.25) is 9.59 Å².